The molecule has 1 fully saturated rings. The van der Waals surface area contributed by atoms with E-state index < -0.39 is 0 Å². The van der Waals surface area contributed by atoms with Gasteiger partial charge in [-0.05, 0) is 81.8 Å². The third kappa shape index (κ3) is 2.49. The SMILES string of the molecule is CC1=CC2(CCCN(C)CC2)Cc2ccc(C)cc21. The summed E-state index contributed by atoms with van der Waals surface area (Å²) < 4.78 is 0. The number of nitrogens with zero attached hydrogens (tertiary/aromatic N) is 1. The Balaban J connectivity index is 1.96. The number of fused-ring (bicyclic) bond motifs is 1. The average Bonchev–Trinajstić information content (AvgIpc) is 2.54. The van der Waals surface area contributed by atoms with Crippen molar-refractivity contribution in [3.05, 3.63) is 41.0 Å². The highest BCUT2D eigenvalue weighted by Gasteiger charge is 2.33. The molecule has 0 bridgehead atoms. The molecule has 1 atom stereocenters. The molecule has 102 valence electrons. The van der Waals surface area contributed by atoms with E-state index in [2.05, 4.69) is 50.1 Å². The molecule has 1 nitrogen and oxygen atoms in total. The number of rotatable bonds is 0. The van der Waals surface area contributed by atoms with Crippen molar-refractivity contribution in [1.82, 2.24) is 4.90 Å². The van der Waals surface area contributed by atoms with Gasteiger partial charge in [0.25, 0.3) is 0 Å². The van der Waals surface area contributed by atoms with Gasteiger partial charge in [0, 0.05) is 0 Å². The van der Waals surface area contributed by atoms with Crippen LogP contribution in [0.15, 0.2) is 24.3 Å². The van der Waals surface area contributed by atoms with Gasteiger partial charge in [-0.3, -0.25) is 0 Å². The lowest BCUT2D eigenvalue weighted by Crippen LogP contribution is -2.27. The first-order valence-corrected chi connectivity index (χ1v) is 7.56. The molecule has 1 heteroatoms. The number of allylic oxidation sites excluding steroid dienone is 2. The summed E-state index contributed by atoms with van der Waals surface area (Å²) in [7, 11) is 2.26. The predicted molar refractivity (Wildman–Crippen MR) is 82.3 cm³/mol. The van der Waals surface area contributed by atoms with Gasteiger partial charge >= 0.3 is 0 Å². The lowest BCUT2D eigenvalue weighted by Gasteiger charge is -2.35. The third-order valence-corrected chi connectivity index (χ3v) is 4.96. The minimum atomic E-state index is 0.428. The number of aryl methyl sites for hydroxylation is 1. The Morgan fingerprint density at radius 2 is 1.95 bits per heavy atom. The summed E-state index contributed by atoms with van der Waals surface area (Å²) in [6, 6.07) is 6.99. The van der Waals surface area contributed by atoms with Crippen LogP contribution in [0.25, 0.3) is 5.57 Å². The van der Waals surface area contributed by atoms with Gasteiger partial charge in [-0.15, -0.1) is 0 Å². The van der Waals surface area contributed by atoms with Crippen LogP contribution < -0.4 is 0 Å². The van der Waals surface area contributed by atoms with Crippen LogP contribution in [0, 0.1) is 12.3 Å². The second-order valence-electron chi connectivity index (χ2n) is 6.68. The van der Waals surface area contributed by atoms with Crippen molar-refractivity contribution < 1.29 is 0 Å². The van der Waals surface area contributed by atoms with E-state index in [1.807, 2.05) is 0 Å². The van der Waals surface area contributed by atoms with Gasteiger partial charge in [0.1, 0.15) is 0 Å². The van der Waals surface area contributed by atoms with Crippen molar-refractivity contribution in [3.63, 3.8) is 0 Å². The van der Waals surface area contributed by atoms with E-state index in [1.165, 1.54) is 55.5 Å². The van der Waals surface area contributed by atoms with E-state index in [0.717, 1.165) is 0 Å². The topological polar surface area (TPSA) is 3.24 Å². The maximum Gasteiger partial charge on any atom is -0.00134 e. The first-order chi connectivity index (χ1) is 9.08. The van der Waals surface area contributed by atoms with Crippen molar-refractivity contribution >= 4 is 5.57 Å². The first-order valence-electron chi connectivity index (χ1n) is 7.56. The van der Waals surface area contributed by atoms with Gasteiger partial charge < -0.3 is 4.90 Å². The Morgan fingerprint density at radius 3 is 2.79 bits per heavy atom. The number of likely N-dealkylation sites (tertiary alicyclic amines) is 1. The second kappa shape index (κ2) is 4.79. The predicted octanol–water partition coefficient (Wildman–Crippen LogP) is 4.06. The molecule has 0 N–H and O–H groups in total. The van der Waals surface area contributed by atoms with Crippen LogP contribution in [0.3, 0.4) is 0 Å². The molecule has 0 saturated carbocycles. The van der Waals surface area contributed by atoms with Crippen LogP contribution in [0.4, 0.5) is 0 Å². The van der Waals surface area contributed by atoms with E-state index in [9.17, 15) is 0 Å². The normalized spacial score (nSPS) is 27.8. The van der Waals surface area contributed by atoms with Crippen LogP contribution >= 0.6 is 0 Å². The summed E-state index contributed by atoms with van der Waals surface area (Å²) >= 11 is 0. The van der Waals surface area contributed by atoms with Crippen molar-refractivity contribution in [2.75, 3.05) is 20.1 Å². The molecule has 1 unspecified atom stereocenters. The molecule has 0 aromatic heterocycles. The van der Waals surface area contributed by atoms with E-state index >= 15 is 0 Å². The lowest BCUT2D eigenvalue weighted by molar-refractivity contribution is 0.302. The van der Waals surface area contributed by atoms with Crippen molar-refractivity contribution in [2.24, 2.45) is 5.41 Å². The second-order valence-corrected chi connectivity index (χ2v) is 6.68. The van der Waals surface area contributed by atoms with Crippen LogP contribution in [0.2, 0.25) is 0 Å². The average molecular weight is 255 g/mol. The molecular weight excluding hydrogens is 230 g/mol. The molecule has 1 saturated heterocycles. The van der Waals surface area contributed by atoms with Crippen molar-refractivity contribution in [1.29, 1.82) is 0 Å². The fourth-order valence-electron chi connectivity index (χ4n) is 3.85. The zero-order valence-electron chi connectivity index (χ0n) is 12.5. The Morgan fingerprint density at radius 1 is 1.11 bits per heavy atom. The summed E-state index contributed by atoms with van der Waals surface area (Å²) in [6.07, 6.45) is 7.83. The Bertz CT molecular complexity index is 514. The first kappa shape index (κ1) is 12.9. The minimum absolute atomic E-state index is 0.428. The smallest absolute Gasteiger partial charge is 0.00134 e. The minimum Gasteiger partial charge on any atom is -0.306 e. The lowest BCUT2D eigenvalue weighted by atomic mass is 9.69. The molecule has 1 spiro atoms. The summed E-state index contributed by atoms with van der Waals surface area (Å²) in [5.74, 6) is 0. The number of hydrogen-bond donors (Lipinski definition) is 0. The van der Waals surface area contributed by atoms with Crippen LogP contribution in [-0.2, 0) is 6.42 Å². The van der Waals surface area contributed by atoms with Crippen LogP contribution in [-0.4, -0.2) is 25.0 Å². The molecule has 1 heterocycles. The van der Waals surface area contributed by atoms with Gasteiger partial charge in [0.05, 0.1) is 0 Å². The molecular formula is C18H25N. The number of hydrogen-bond acceptors (Lipinski definition) is 1. The Labute approximate surface area is 117 Å². The highest BCUT2D eigenvalue weighted by Crippen LogP contribution is 2.43. The molecule has 1 aliphatic heterocycles. The molecule has 3 rings (SSSR count). The van der Waals surface area contributed by atoms with Gasteiger partial charge in [-0.2, -0.15) is 0 Å². The van der Waals surface area contributed by atoms with E-state index in [1.54, 1.807) is 5.56 Å². The third-order valence-electron chi connectivity index (χ3n) is 4.96. The summed E-state index contributed by atoms with van der Waals surface area (Å²) in [5, 5.41) is 0. The van der Waals surface area contributed by atoms with Gasteiger partial charge in [-0.25, -0.2) is 0 Å². The van der Waals surface area contributed by atoms with Gasteiger partial charge in [-0.1, -0.05) is 29.8 Å². The summed E-state index contributed by atoms with van der Waals surface area (Å²) in [6.45, 7) is 6.99. The number of benzene rings is 1. The maximum atomic E-state index is 2.59. The summed E-state index contributed by atoms with van der Waals surface area (Å²) in [4.78, 5) is 2.49. The van der Waals surface area contributed by atoms with E-state index in [0.29, 0.717) is 5.41 Å². The van der Waals surface area contributed by atoms with Gasteiger partial charge in [0.15, 0.2) is 0 Å². The fraction of sp³-hybridized carbons (Fsp3) is 0.556. The zero-order valence-corrected chi connectivity index (χ0v) is 12.5. The quantitative estimate of drug-likeness (QED) is 0.676. The van der Waals surface area contributed by atoms with Crippen molar-refractivity contribution in [3.8, 4) is 0 Å². The highest BCUT2D eigenvalue weighted by molar-refractivity contribution is 5.70. The van der Waals surface area contributed by atoms with Crippen molar-refractivity contribution in [2.45, 2.75) is 39.5 Å². The largest absolute Gasteiger partial charge is 0.306 e. The monoisotopic (exact) mass is 255 g/mol. The Kier molecular flexibility index (Phi) is 3.26. The zero-order chi connectivity index (χ0) is 13.5. The van der Waals surface area contributed by atoms with E-state index in [-0.39, 0.29) is 0 Å². The molecule has 0 amide bonds. The molecule has 19 heavy (non-hydrogen) atoms. The van der Waals surface area contributed by atoms with E-state index in [4.69, 9.17) is 0 Å². The highest BCUT2D eigenvalue weighted by atomic mass is 15.1. The summed E-state index contributed by atoms with van der Waals surface area (Å²) in [5.41, 5.74) is 6.35. The van der Waals surface area contributed by atoms with Crippen LogP contribution in [0.1, 0.15) is 42.9 Å². The maximum absolute atomic E-state index is 2.59. The standard InChI is InChI=1S/C18H25N/c1-14-5-6-16-13-18(12-15(2)17(16)11-14)7-4-9-19(3)10-8-18/h5-6,11-12H,4,7-10,13H2,1-3H3. The molecule has 1 aromatic rings. The molecule has 2 aliphatic rings. The Hall–Kier alpha value is -1.08. The van der Waals surface area contributed by atoms with Crippen LogP contribution in [0.5, 0.6) is 0 Å². The molecule has 1 aliphatic carbocycles. The molecule has 0 radical (unpaired) electrons. The fourth-order valence-corrected chi connectivity index (χ4v) is 3.85. The van der Waals surface area contributed by atoms with Gasteiger partial charge in [0.2, 0.25) is 0 Å². The molecule has 1 aromatic carbocycles.